The first-order valence-corrected chi connectivity index (χ1v) is 8.12. The van der Waals surface area contributed by atoms with Crippen LogP contribution >= 0.6 is 0 Å². The van der Waals surface area contributed by atoms with Crippen molar-refractivity contribution >= 4 is 17.4 Å². The van der Waals surface area contributed by atoms with Crippen LogP contribution in [0.5, 0.6) is 11.5 Å². The SMILES string of the molecule is CCC(C)NC(=O)c1cc(Nc2ccc(OC)cc2OC)nc(C)n1. The summed E-state index contributed by atoms with van der Waals surface area (Å²) in [5.41, 5.74) is 1.04. The fraction of sp³-hybridized carbons (Fsp3) is 0.389. The van der Waals surface area contributed by atoms with E-state index in [-0.39, 0.29) is 11.9 Å². The molecule has 2 N–H and O–H groups in total. The molecule has 0 saturated heterocycles. The van der Waals surface area contributed by atoms with Crippen LogP contribution in [0.3, 0.4) is 0 Å². The first-order chi connectivity index (χ1) is 12.0. The van der Waals surface area contributed by atoms with E-state index in [1.165, 1.54) is 0 Å². The Morgan fingerprint density at radius 2 is 1.96 bits per heavy atom. The zero-order valence-corrected chi connectivity index (χ0v) is 15.2. The van der Waals surface area contributed by atoms with Crippen molar-refractivity contribution in [1.29, 1.82) is 0 Å². The summed E-state index contributed by atoms with van der Waals surface area (Å²) in [6.45, 7) is 5.71. The van der Waals surface area contributed by atoms with Gasteiger partial charge in [-0.1, -0.05) is 6.92 Å². The highest BCUT2D eigenvalue weighted by Gasteiger charge is 2.13. The van der Waals surface area contributed by atoms with Crippen molar-refractivity contribution in [3.05, 3.63) is 35.8 Å². The highest BCUT2D eigenvalue weighted by atomic mass is 16.5. The van der Waals surface area contributed by atoms with Gasteiger partial charge < -0.3 is 20.1 Å². The maximum Gasteiger partial charge on any atom is 0.270 e. The largest absolute Gasteiger partial charge is 0.497 e. The molecule has 0 fully saturated rings. The molecule has 7 heteroatoms. The summed E-state index contributed by atoms with van der Waals surface area (Å²) in [5, 5.41) is 6.07. The number of benzene rings is 1. The second-order valence-electron chi connectivity index (χ2n) is 5.66. The molecule has 1 aromatic carbocycles. The fourth-order valence-electron chi connectivity index (χ4n) is 2.19. The van der Waals surface area contributed by atoms with Gasteiger partial charge >= 0.3 is 0 Å². The van der Waals surface area contributed by atoms with Crippen molar-refractivity contribution < 1.29 is 14.3 Å². The first kappa shape index (κ1) is 18.5. The molecule has 0 spiro atoms. The number of amides is 1. The Kier molecular flexibility index (Phi) is 6.16. The summed E-state index contributed by atoms with van der Waals surface area (Å²) in [6, 6.07) is 7.12. The van der Waals surface area contributed by atoms with Crippen LogP contribution in [-0.4, -0.2) is 36.1 Å². The van der Waals surface area contributed by atoms with Crippen LogP contribution in [0.2, 0.25) is 0 Å². The molecule has 0 bridgehead atoms. The van der Waals surface area contributed by atoms with Crippen molar-refractivity contribution in [2.45, 2.75) is 33.2 Å². The Hall–Kier alpha value is -2.83. The number of aromatic nitrogens is 2. The standard InChI is InChI=1S/C18H24N4O3/c1-6-11(2)19-18(23)15-10-17(21-12(3)20-15)22-14-8-7-13(24-4)9-16(14)25-5/h7-11H,6H2,1-5H3,(H,19,23)(H,20,21,22). The number of nitrogens with zero attached hydrogens (tertiary/aromatic N) is 2. The lowest BCUT2D eigenvalue weighted by Gasteiger charge is -2.14. The van der Waals surface area contributed by atoms with Crippen LogP contribution in [0.15, 0.2) is 24.3 Å². The maximum atomic E-state index is 12.3. The van der Waals surface area contributed by atoms with E-state index in [1.54, 1.807) is 33.3 Å². The fourth-order valence-corrected chi connectivity index (χ4v) is 2.19. The topological polar surface area (TPSA) is 85.4 Å². The summed E-state index contributed by atoms with van der Waals surface area (Å²) < 4.78 is 10.6. The molecule has 0 aliphatic heterocycles. The first-order valence-electron chi connectivity index (χ1n) is 8.12. The molecule has 25 heavy (non-hydrogen) atoms. The van der Waals surface area contributed by atoms with Gasteiger partial charge in [0.05, 0.1) is 19.9 Å². The van der Waals surface area contributed by atoms with E-state index >= 15 is 0 Å². The third kappa shape index (κ3) is 4.82. The molecule has 1 atom stereocenters. The minimum Gasteiger partial charge on any atom is -0.497 e. The molecule has 0 saturated carbocycles. The maximum absolute atomic E-state index is 12.3. The molecule has 1 aromatic heterocycles. The summed E-state index contributed by atoms with van der Waals surface area (Å²) in [4.78, 5) is 20.9. The quantitative estimate of drug-likeness (QED) is 0.803. The van der Waals surface area contributed by atoms with Crippen LogP contribution in [0.4, 0.5) is 11.5 Å². The molecule has 1 heterocycles. The molecule has 134 valence electrons. The smallest absolute Gasteiger partial charge is 0.270 e. The summed E-state index contributed by atoms with van der Waals surface area (Å²) in [6.07, 6.45) is 0.851. The number of nitrogens with one attached hydrogen (secondary N) is 2. The van der Waals surface area contributed by atoms with Gasteiger partial charge in [-0.15, -0.1) is 0 Å². The predicted molar refractivity (Wildman–Crippen MR) is 96.8 cm³/mol. The summed E-state index contributed by atoms with van der Waals surface area (Å²) in [7, 11) is 3.17. The van der Waals surface area contributed by atoms with Gasteiger partial charge in [-0.3, -0.25) is 4.79 Å². The average molecular weight is 344 g/mol. The zero-order chi connectivity index (χ0) is 18.4. The van der Waals surface area contributed by atoms with Gasteiger partial charge in [0.2, 0.25) is 0 Å². The van der Waals surface area contributed by atoms with E-state index in [2.05, 4.69) is 20.6 Å². The number of hydrogen-bond acceptors (Lipinski definition) is 6. The molecule has 1 amide bonds. The number of carbonyl (C=O) groups excluding carboxylic acids is 1. The van der Waals surface area contributed by atoms with Gasteiger partial charge in [0, 0.05) is 18.2 Å². The van der Waals surface area contributed by atoms with Crippen LogP contribution in [-0.2, 0) is 0 Å². The van der Waals surface area contributed by atoms with Crippen molar-refractivity contribution in [2.24, 2.45) is 0 Å². The Labute approximate surface area is 147 Å². The normalized spacial score (nSPS) is 11.6. The number of aryl methyl sites for hydroxylation is 1. The molecule has 7 nitrogen and oxygen atoms in total. The Morgan fingerprint density at radius 1 is 1.20 bits per heavy atom. The second kappa shape index (κ2) is 8.32. The van der Waals surface area contributed by atoms with Crippen LogP contribution in [0, 0.1) is 6.92 Å². The minimum absolute atomic E-state index is 0.0841. The highest BCUT2D eigenvalue weighted by molar-refractivity contribution is 5.93. The van der Waals surface area contributed by atoms with E-state index in [1.807, 2.05) is 26.0 Å². The number of hydrogen-bond donors (Lipinski definition) is 2. The predicted octanol–water partition coefficient (Wildman–Crippen LogP) is 3.07. The third-order valence-electron chi connectivity index (χ3n) is 3.73. The van der Waals surface area contributed by atoms with E-state index in [0.717, 1.165) is 12.1 Å². The van der Waals surface area contributed by atoms with Gasteiger partial charge in [-0.25, -0.2) is 9.97 Å². The van der Waals surface area contributed by atoms with Gasteiger partial charge in [-0.2, -0.15) is 0 Å². The molecular weight excluding hydrogens is 320 g/mol. The Balaban J connectivity index is 2.27. The van der Waals surface area contributed by atoms with Gasteiger partial charge in [0.15, 0.2) is 0 Å². The van der Waals surface area contributed by atoms with Crippen molar-refractivity contribution in [3.63, 3.8) is 0 Å². The van der Waals surface area contributed by atoms with Crippen LogP contribution in [0.25, 0.3) is 0 Å². The third-order valence-corrected chi connectivity index (χ3v) is 3.73. The average Bonchev–Trinajstić information content (AvgIpc) is 2.61. The summed E-state index contributed by atoms with van der Waals surface area (Å²) >= 11 is 0. The Morgan fingerprint density at radius 3 is 2.60 bits per heavy atom. The van der Waals surface area contributed by atoms with E-state index < -0.39 is 0 Å². The monoisotopic (exact) mass is 344 g/mol. The van der Waals surface area contributed by atoms with Gasteiger partial charge in [-0.05, 0) is 32.4 Å². The lowest BCUT2D eigenvalue weighted by atomic mass is 10.2. The van der Waals surface area contributed by atoms with Crippen molar-refractivity contribution in [2.75, 3.05) is 19.5 Å². The van der Waals surface area contributed by atoms with Gasteiger partial charge in [0.25, 0.3) is 5.91 Å². The zero-order valence-electron chi connectivity index (χ0n) is 15.2. The number of ether oxygens (including phenoxy) is 2. The van der Waals surface area contributed by atoms with Crippen molar-refractivity contribution in [3.8, 4) is 11.5 Å². The number of anilines is 2. The molecule has 0 radical (unpaired) electrons. The van der Waals surface area contributed by atoms with E-state index in [9.17, 15) is 4.79 Å². The van der Waals surface area contributed by atoms with E-state index in [4.69, 9.17) is 9.47 Å². The number of methoxy groups -OCH3 is 2. The second-order valence-corrected chi connectivity index (χ2v) is 5.66. The minimum atomic E-state index is -0.218. The molecule has 1 unspecified atom stereocenters. The van der Waals surface area contributed by atoms with Crippen LogP contribution < -0.4 is 20.1 Å². The van der Waals surface area contributed by atoms with E-state index in [0.29, 0.717) is 28.8 Å². The molecule has 0 aliphatic rings. The molecule has 2 aromatic rings. The Bertz CT molecular complexity index is 749. The lowest BCUT2D eigenvalue weighted by Crippen LogP contribution is -2.32. The molecule has 2 rings (SSSR count). The van der Waals surface area contributed by atoms with Gasteiger partial charge in [0.1, 0.15) is 28.8 Å². The number of rotatable bonds is 7. The van der Waals surface area contributed by atoms with Crippen molar-refractivity contribution in [1.82, 2.24) is 15.3 Å². The molecule has 0 aliphatic carbocycles. The summed E-state index contributed by atoms with van der Waals surface area (Å²) in [5.74, 6) is 2.11. The lowest BCUT2D eigenvalue weighted by molar-refractivity contribution is 0.0934. The highest BCUT2D eigenvalue weighted by Crippen LogP contribution is 2.31. The number of carbonyl (C=O) groups is 1. The van der Waals surface area contributed by atoms with Crippen LogP contribution in [0.1, 0.15) is 36.6 Å². The molecular formula is C18H24N4O3.